The molecule has 1 aliphatic rings. The van der Waals surface area contributed by atoms with Gasteiger partial charge >= 0.3 is 6.03 Å². The Morgan fingerprint density at radius 2 is 1.82 bits per heavy atom. The van der Waals surface area contributed by atoms with Gasteiger partial charge in [-0.05, 0) is 26.0 Å². The molecule has 1 aromatic carbocycles. The first-order valence-electron chi connectivity index (χ1n) is 5.82. The van der Waals surface area contributed by atoms with Crippen LogP contribution in [-0.2, 0) is 4.79 Å². The average Bonchev–Trinajstić information content (AvgIpc) is 2.31. The highest BCUT2D eigenvalue weighted by Gasteiger charge is 2.31. The molecule has 17 heavy (non-hydrogen) atoms. The van der Waals surface area contributed by atoms with Gasteiger partial charge in [-0.1, -0.05) is 17.7 Å². The molecule has 4 nitrogen and oxygen atoms in total. The molecule has 4 heteroatoms. The van der Waals surface area contributed by atoms with Crippen molar-refractivity contribution < 1.29 is 9.59 Å². The van der Waals surface area contributed by atoms with Crippen molar-refractivity contribution in [2.45, 2.75) is 20.3 Å². The third kappa shape index (κ3) is 2.16. The third-order valence-electron chi connectivity index (χ3n) is 2.97. The fraction of sp³-hybridized carbons (Fsp3) is 0.385. The number of anilines is 1. The van der Waals surface area contributed by atoms with Crippen LogP contribution in [0.1, 0.15) is 18.9 Å². The summed E-state index contributed by atoms with van der Waals surface area (Å²) in [6, 6.07) is 7.55. The molecule has 1 aromatic rings. The SMILES string of the molecule is CCN1C(=O)CCN(c2ccc(C)cc2)C1=O. The van der Waals surface area contributed by atoms with Crippen molar-refractivity contribution in [1.82, 2.24) is 4.90 Å². The average molecular weight is 232 g/mol. The number of urea groups is 1. The second kappa shape index (κ2) is 4.57. The van der Waals surface area contributed by atoms with Crippen LogP contribution in [0.4, 0.5) is 10.5 Å². The van der Waals surface area contributed by atoms with Crippen molar-refractivity contribution in [2.75, 3.05) is 18.0 Å². The standard InChI is InChI=1S/C13H16N2O2/c1-3-14-12(16)8-9-15(13(14)17)11-6-4-10(2)5-7-11/h4-7H,3,8-9H2,1-2H3. The van der Waals surface area contributed by atoms with Crippen LogP contribution in [0.15, 0.2) is 24.3 Å². The maximum atomic E-state index is 12.1. The molecule has 90 valence electrons. The van der Waals surface area contributed by atoms with Crippen LogP contribution in [0.3, 0.4) is 0 Å². The van der Waals surface area contributed by atoms with Gasteiger partial charge in [-0.25, -0.2) is 4.79 Å². The number of carbonyl (C=O) groups excluding carboxylic acids is 2. The van der Waals surface area contributed by atoms with E-state index in [2.05, 4.69) is 0 Å². The molecule has 0 aromatic heterocycles. The molecule has 0 bridgehead atoms. The number of nitrogens with zero attached hydrogens (tertiary/aromatic N) is 2. The van der Waals surface area contributed by atoms with E-state index in [0.29, 0.717) is 19.5 Å². The summed E-state index contributed by atoms with van der Waals surface area (Å²) < 4.78 is 0. The van der Waals surface area contributed by atoms with Gasteiger partial charge in [0.05, 0.1) is 0 Å². The summed E-state index contributed by atoms with van der Waals surface area (Å²) in [5.41, 5.74) is 2.01. The normalized spacial score (nSPS) is 16.6. The minimum absolute atomic E-state index is 0.0825. The first-order valence-corrected chi connectivity index (χ1v) is 5.82. The van der Waals surface area contributed by atoms with E-state index in [1.807, 2.05) is 38.1 Å². The molecule has 1 aliphatic heterocycles. The quantitative estimate of drug-likeness (QED) is 0.784. The lowest BCUT2D eigenvalue weighted by atomic mass is 10.2. The highest BCUT2D eigenvalue weighted by molar-refractivity contribution is 6.05. The first-order chi connectivity index (χ1) is 8.13. The van der Waals surface area contributed by atoms with Gasteiger partial charge in [0.2, 0.25) is 5.91 Å². The predicted octanol–water partition coefficient (Wildman–Crippen LogP) is 2.17. The highest BCUT2D eigenvalue weighted by atomic mass is 16.2. The highest BCUT2D eigenvalue weighted by Crippen LogP contribution is 2.20. The summed E-state index contributed by atoms with van der Waals surface area (Å²) in [6.45, 7) is 4.72. The van der Waals surface area contributed by atoms with E-state index in [1.54, 1.807) is 4.90 Å². The van der Waals surface area contributed by atoms with Crippen LogP contribution in [0.5, 0.6) is 0 Å². The number of benzene rings is 1. The Bertz CT molecular complexity index is 439. The van der Waals surface area contributed by atoms with Gasteiger partial charge in [0.15, 0.2) is 0 Å². The molecule has 0 atom stereocenters. The summed E-state index contributed by atoms with van der Waals surface area (Å²) >= 11 is 0. The zero-order chi connectivity index (χ0) is 12.4. The summed E-state index contributed by atoms with van der Waals surface area (Å²) in [5, 5.41) is 0. The largest absolute Gasteiger partial charge is 0.331 e. The molecule has 1 saturated heterocycles. The molecule has 0 aliphatic carbocycles. The van der Waals surface area contributed by atoms with E-state index in [0.717, 1.165) is 11.3 Å². The molecule has 3 amide bonds. The number of hydrogen-bond donors (Lipinski definition) is 0. The summed E-state index contributed by atoms with van der Waals surface area (Å²) in [7, 11) is 0. The minimum atomic E-state index is -0.215. The summed E-state index contributed by atoms with van der Waals surface area (Å²) in [6.07, 6.45) is 0.396. The number of aryl methyl sites for hydroxylation is 1. The fourth-order valence-corrected chi connectivity index (χ4v) is 1.97. The number of amides is 3. The monoisotopic (exact) mass is 232 g/mol. The fourth-order valence-electron chi connectivity index (χ4n) is 1.97. The molecule has 1 fully saturated rings. The Morgan fingerprint density at radius 3 is 2.41 bits per heavy atom. The Kier molecular flexibility index (Phi) is 3.13. The smallest absolute Gasteiger partial charge is 0.293 e. The Morgan fingerprint density at radius 1 is 1.18 bits per heavy atom. The molecular formula is C13H16N2O2. The van der Waals surface area contributed by atoms with Crippen molar-refractivity contribution in [3.8, 4) is 0 Å². The molecule has 0 radical (unpaired) electrons. The van der Waals surface area contributed by atoms with Gasteiger partial charge < -0.3 is 0 Å². The van der Waals surface area contributed by atoms with Gasteiger partial charge in [-0.2, -0.15) is 0 Å². The minimum Gasteiger partial charge on any atom is -0.293 e. The molecule has 0 spiro atoms. The van der Waals surface area contributed by atoms with Crippen LogP contribution in [0.2, 0.25) is 0 Å². The van der Waals surface area contributed by atoms with Crippen LogP contribution < -0.4 is 4.90 Å². The second-order valence-corrected chi connectivity index (χ2v) is 4.16. The third-order valence-corrected chi connectivity index (χ3v) is 2.97. The second-order valence-electron chi connectivity index (χ2n) is 4.16. The van der Waals surface area contributed by atoms with Crippen LogP contribution >= 0.6 is 0 Å². The molecular weight excluding hydrogens is 216 g/mol. The Balaban J connectivity index is 2.25. The van der Waals surface area contributed by atoms with Gasteiger partial charge in [0.25, 0.3) is 0 Å². The van der Waals surface area contributed by atoms with E-state index in [1.165, 1.54) is 4.90 Å². The molecule has 1 heterocycles. The lowest BCUT2D eigenvalue weighted by Crippen LogP contribution is -2.52. The number of rotatable bonds is 2. The molecule has 0 saturated carbocycles. The number of imide groups is 1. The zero-order valence-electron chi connectivity index (χ0n) is 10.1. The lowest BCUT2D eigenvalue weighted by molar-refractivity contribution is -0.128. The van der Waals surface area contributed by atoms with E-state index in [9.17, 15) is 9.59 Å². The Labute approximate surface area is 101 Å². The van der Waals surface area contributed by atoms with Gasteiger partial charge in [-0.3, -0.25) is 14.6 Å². The molecule has 0 N–H and O–H groups in total. The van der Waals surface area contributed by atoms with Crippen LogP contribution in [0, 0.1) is 6.92 Å². The molecule has 0 unspecified atom stereocenters. The van der Waals surface area contributed by atoms with Crippen molar-refractivity contribution in [2.24, 2.45) is 0 Å². The zero-order valence-corrected chi connectivity index (χ0v) is 10.1. The molecule has 2 rings (SSSR count). The van der Waals surface area contributed by atoms with Crippen LogP contribution in [-0.4, -0.2) is 29.9 Å². The number of hydrogen-bond acceptors (Lipinski definition) is 2. The van der Waals surface area contributed by atoms with E-state index in [4.69, 9.17) is 0 Å². The predicted molar refractivity (Wildman–Crippen MR) is 65.9 cm³/mol. The van der Waals surface area contributed by atoms with Crippen molar-refractivity contribution in [1.29, 1.82) is 0 Å². The summed E-state index contributed by atoms with van der Waals surface area (Å²) in [4.78, 5) is 26.6. The van der Waals surface area contributed by atoms with Gasteiger partial charge in [0, 0.05) is 25.2 Å². The topological polar surface area (TPSA) is 40.6 Å². The van der Waals surface area contributed by atoms with Crippen molar-refractivity contribution >= 4 is 17.6 Å². The maximum Gasteiger partial charge on any atom is 0.331 e. The van der Waals surface area contributed by atoms with Crippen molar-refractivity contribution in [3.05, 3.63) is 29.8 Å². The maximum absolute atomic E-state index is 12.1. The van der Waals surface area contributed by atoms with Crippen molar-refractivity contribution in [3.63, 3.8) is 0 Å². The summed E-state index contributed by atoms with van der Waals surface area (Å²) in [5.74, 6) is -0.0825. The Hall–Kier alpha value is -1.84. The first kappa shape index (κ1) is 11.6. The van der Waals surface area contributed by atoms with Gasteiger partial charge in [-0.15, -0.1) is 0 Å². The van der Waals surface area contributed by atoms with E-state index >= 15 is 0 Å². The lowest BCUT2D eigenvalue weighted by Gasteiger charge is -2.33. The van der Waals surface area contributed by atoms with Crippen LogP contribution in [0.25, 0.3) is 0 Å². The van der Waals surface area contributed by atoms with Gasteiger partial charge in [0.1, 0.15) is 0 Å². The number of carbonyl (C=O) groups is 2. The van der Waals surface area contributed by atoms with E-state index < -0.39 is 0 Å². The van der Waals surface area contributed by atoms with E-state index in [-0.39, 0.29) is 11.9 Å².